The Labute approximate surface area is 125 Å². The number of morpholine rings is 1. The van der Waals surface area contributed by atoms with Gasteiger partial charge in [-0.3, -0.25) is 4.90 Å². The van der Waals surface area contributed by atoms with Crippen molar-refractivity contribution in [3.8, 4) is 0 Å². The number of carboxylic acids is 2. The molecule has 0 amide bonds. The van der Waals surface area contributed by atoms with Gasteiger partial charge in [0.25, 0.3) is 0 Å². The number of unbranched alkanes of at least 4 members (excludes halogenated alkanes) is 2. The molecule has 1 aliphatic rings. The zero-order valence-corrected chi connectivity index (χ0v) is 12.6. The molecule has 0 aliphatic carbocycles. The van der Waals surface area contributed by atoms with Crippen molar-refractivity contribution in [2.75, 3.05) is 32.8 Å². The van der Waals surface area contributed by atoms with Crippen LogP contribution in [0.3, 0.4) is 0 Å². The fraction of sp³-hybridized carbons (Fsp3) is 0.733. The summed E-state index contributed by atoms with van der Waals surface area (Å²) in [6.45, 7) is 6.15. The van der Waals surface area contributed by atoms with E-state index in [2.05, 4.69) is 4.90 Å². The van der Waals surface area contributed by atoms with Crippen LogP contribution in [0.15, 0.2) is 11.1 Å². The van der Waals surface area contributed by atoms with Gasteiger partial charge in [-0.25, -0.2) is 9.59 Å². The highest BCUT2D eigenvalue weighted by atomic mass is 16.5. The molecule has 0 spiro atoms. The standard InChI is InChI=1S/C15H25NO5/c1-2-12(14(17)18)13(15(19)20)6-4-3-5-7-16-8-10-21-11-9-16/h2-11H2,1H3,(H,17,18)(H,19,20)/b13-12+. The van der Waals surface area contributed by atoms with Crippen molar-refractivity contribution in [2.24, 2.45) is 0 Å². The minimum Gasteiger partial charge on any atom is -0.478 e. The average molecular weight is 299 g/mol. The Balaban J connectivity index is 2.34. The van der Waals surface area contributed by atoms with Crippen LogP contribution in [0.1, 0.15) is 39.0 Å². The molecule has 1 rings (SSSR count). The Kier molecular flexibility index (Phi) is 8.00. The molecule has 0 aromatic carbocycles. The maximum Gasteiger partial charge on any atom is 0.332 e. The van der Waals surface area contributed by atoms with Gasteiger partial charge in [0.05, 0.1) is 13.2 Å². The molecule has 0 atom stereocenters. The first-order valence-electron chi connectivity index (χ1n) is 7.55. The molecular formula is C15H25NO5. The molecule has 21 heavy (non-hydrogen) atoms. The van der Waals surface area contributed by atoms with Crippen LogP contribution < -0.4 is 0 Å². The lowest BCUT2D eigenvalue weighted by atomic mass is 10.00. The van der Waals surface area contributed by atoms with E-state index in [0.29, 0.717) is 12.8 Å². The van der Waals surface area contributed by atoms with Crippen molar-refractivity contribution < 1.29 is 24.5 Å². The van der Waals surface area contributed by atoms with Crippen LogP contribution >= 0.6 is 0 Å². The average Bonchev–Trinajstić information content (AvgIpc) is 2.46. The van der Waals surface area contributed by atoms with E-state index in [9.17, 15) is 9.59 Å². The van der Waals surface area contributed by atoms with Gasteiger partial charge in [-0.2, -0.15) is 0 Å². The van der Waals surface area contributed by atoms with E-state index in [-0.39, 0.29) is 17.6 Å². The molecule has 0 aromatic rings. The van der Waals surface area contributed by atoms with Crippen LogP contribution in [0.2, 0.25) is 0 Å². The Morgan fingerprint density at radius 2 is 1.62 bits per heavy atom. The van der Waals surface area contributed by atoms with Gasteiger partial charge >= 0.3 is 11.9 Å². The number of aliphatic carboxylic acids is 2. The topological polar surface area (TPSA) is 87.1 Å². The predicted molar refractivity (Wildman–Crippen MR) is 78.3 cm³/mol. The summed E-state index contributed by atoms with van der Waals surface area (Å²) in [6.07, 6.45) is 3.19. The van der Waals surface area contributed by atoms with E-state index in [1.165, 1.54) is 0 Å². The lowest BCUT2D eigenvalue weighted by molar-refractivity contribution is -0.136. The van der Waals surface area contributed by atoms with E-state index >= 15 is 0 Å². The van der Waals surface area contributed by atoms with Crippen molar-refractivity contribution in [1.82, 2.24) is 4.90 Å². The highest BCUT2D eigenvalue weighted by molar-refractivity contribution is 5.98. The molecule has 0 radical (unpaired) electrons. The van der Waals surface area contributed by atoms with Crippen molar-refractivity contribution in [3.63, 3.8) is 0 Å². The van der Waals surface area contributed by atoms with Crippen LogP contribution in [-0.2, 0) is 14.3 Å². The van der Waals surface area contributed by atoms with Crippen LogP contribution in [0.4, 0.5) is 0 Å². The van der Waals surface area contributed by atoms with E-state index < -0.39 is 11.9 Å². The second kappa shape index (κ2) is 9.52. The van der Waals surface area contributed by atoms with Crippen LogP contribution in [0.5, 0.6) is 0 Å². The van der Waals surface area contributed by atoms with Gasteiger partial charge in [-0.05, 0) is 32.2 Å². The molecule has 1 fully saturated rings. The van der Waals surface area contributed by atoms with Crippen LogP contribution in [0.25, 0.3) is 0 Å². The summed E-state index contributed by atoms with van der Waals surface area (Å²) in [4.78, 5) is 24.5. The lowest BCUT2D eigenvalue weighted by Gasteiger charge is -2.26. The number of hydrogen-bond acceptors (Lipinski definition) is 4. The number of ether oxygens (including phenoxy) is 1. The second-order valence-corrected chi connectivity index (χ2v) is 5.19. The van der Waals surface area contributed by atoms with Gasteiger partial charge in [-0.15, -0.1) is 0 Å². The third kappa shape index (κ3) is 6.27. The maximum atomic E-state index is 11.2. The fourth-order valence-electron chi connectivity index (χ4n) is 2.52. The number of carboxylic acid groups (broad SMARTS) is 2. The fourth-order valence-corrected chi connectivity index (χ4v) is 2.52. The zero-order chi connectivity index (χ0) is 15.7. The molecule has 0 saturated carbocycles. The van der Waals surface area contributed by atoms with Crippen molar-refractivity contribution in [3.05, 3.63) is 11.1 Å². The number of rotatable bonds is 9. The molecule has 0 unspecified atom stereocenters. The molecule has 6 nitrogen and oxygen atoms in total. The van der Waals surface area contributed by atoms with E-state index in [0.717, 1.165) is 45.7 Å². The predicted octanol–water partition coefficient (Wildman–Crippen LogP) is 1.75. The van der Waals surface area contributed by atoms with Gasteiger partial charge < -0.3 is 14.9 Å². The summed E-state index contributed by atoms with van der Waals surface area (Å²) >= 11 is 0. The first-order valence-corrected chi connectivity index (χ1v) is 7.55. The minimum absolute atomic E-state index is 0.0238. The van der Waals surface area contributed by atoms with Crippen molar-refractivity contribution in [2.45, 2.75) is 39.0 Å². The van der Waals surface area contributed by atoms with E-state index in [1.807, 2.05) is 0 Å². The molecule has 2 N–H and O–H groups in total. The monoisotopic (exact) mass is 299 g/mol. The Morgan fingerprint density at radius 3 is 2.14 bits per heavy atom. The molecule has 1 aliphatic heterocycles. The first-order chi connectivity index (χ1) is 10.1. The number of nitrogens with zero attached hydrogens (tertiary/aromatic N) is 1. The van der Waals surface area contributed by atoms with Crippen molar-refractivity contribution in [1.29, 1.82) is 0 Å². The van der Waals surface area contributed by atoms with E-state index in [4.69, 9.17) is 14.9 Å². The molecule has 120 valence electrons. The Bertz CT molecular complexity index is 386. The summed E-state index contributed by atoms with van der Waals surface area (Å²) in [7, 11) is 0. The van der Waals surface area contributed by atoms with Crippen LogP contribution in [0, 0.1) is 0 Å². The molecule has 1 saturated heterocycles. The normalized spacial score (nSPS) is 17.4. The van der Waals surface area contributed by atoms with Gasteiger partial charge in [0.15, 0.2) is 0 Å². The van der Waals surface area contributed by atoms with Crippen LogP contribution in [-0.4, -0.2) is 59.9 Å². The summed E-state index contributed by atoms with van der Waals surface area (Å²) in [5.74, 6) is -2.23. The molecule has 0 aromatic heterocycles. The summed E-state index contributed by atoms with van der Waals surface area (Å²) in [5.41, 5.74) is 0.0760. The zero-order valence-electron chi connectivity index (χ0n) is 12.6. The lowest BCUT2D eigenvalue weighted by Crippen LogP contribution is -2.36. The maximum absolute atomic E-state index is 11.2. The van der Waals surface area contributed by atoms with Gasteiger partial charge in [0.2, 0.25) is 0 Å². The molecule has 1 heterocycles. The summed E-state index contributed by atoms with van der Waals surface area (Å²) < 4.78 is 5.28. The summed E-state index contributed by atoms with van der Waals surface area (Å²) in [5, 5.41) is 18.2. The smallest absolute Gasteiger partial charge is 0.332 e. The van der Waals surface area contributed by atoms with E-state index in [1.54, 1.807) is 6.92 Å². The third-order valence-corrected chi connectivity index (χ3v) is 3.74. The number of hydrogen-bond donors (Lipinski definition) is 2. The largest absolute Gasteiger partial charge is 0.478 e. The highest BCUT2D eigenvalue weighted by Gasteiger charge is 2.18. The summed E-state index contributed by atoms with van der Waals surface area (Å²) in [6, 6.07) is 0. The third-order valence-electron chi connectivity index (χ3n) is 3.74. The van der Waals surface area contributed by atoms with Gasteiger partial charge in [0.1, 0.15) is 0 Å². The quantitative estimate of drug-likeness (QED) is 0.498. The van der Waals surface area contributed by atoms with Crippen molar-refractivity contribution >= 4 is 11.9 Å². The molecular weight excluding hydrogens is 274 g/mol. The van der Waals surface area contributed by atoms with Gasteiger partial charge in [-0.1, -0.05) is 13.3 Å². The highest BCUT2D eigenvalue weighted by Crippen LogP contribution is 2.17. The molecule has 6 heteroatoms. The van der Waals surface area contributed by atoms with Gasteiger partial charge in [0, 0.05) is 24.2 Å². The first kappa shape index (κ1) is 17.7. The Hall–Kier alpha value is -1.40. The SMILES string of the molecule is CC/C(C(=O)O)=C(/CCCCCN1CCOCC1)C(=O)O. The minimum atomic E-state index is -1.12. The number of carbonyl (C=O) groups is 2. The second-order valence-electron chi connectivity index (χ2n) is 5.19. The molecule has 0 bridgehead atoms. The Morgan fingerprint density at radius 1 is 1.00 bits per heavy atom.